The molecule has 0 radical (unpaired) electrons. The first-order chi connectivity index (χ1) is 7.54. The fourth-order valence-electron chi connectivity index (χ4n) is 1.38. The lowest BCUT2D eigenvalue weighted by Gasteiger charge is -2.09. The highest BCUT2D eigenvalue weighted by Gasteiger charge is 2.13. The Morgan fingerprint density at radius 3 is 2.88 bits per heavy atom. The van der Waals surface area contributed by atoms with Crippen molar-refractivity contribution in [2.75, 3.05) is 24.8 Å². The van der Waals surface area contributed by atoms with E-state index in [0.29, 0.717) is 24.5 Å². The summed E-state index contributed by atoms with van der Waals surface area (Å²) in [6, 6.07) is 0. The second-order valence-corrected chi connectivity index (χ2v) is 3.92. The van der Waals surface area contributed by atoms with E-state index in [-0.39, 0.29) is 11.8 Å². The third-order valence-electron chi connectivity index (χ3n) is 2.24. The lowest BCUT2D eigenvalue weighted by atomic mass is 10.1. The van der Waals surface area contributed by atoms with Gasteiger partial charge in [0.05, 0.1) is 11.4 Å². The lowest BCUT2D eigenvalue weighted by molar-refractivity contribution is -0.117. The van der Waals surface area contributed by atoms with Crippen LogP contribution in [0.3, 0.4) is 0 Å². The van der Waals surface area contributed by atoms with E-state index in [1.165, 1.54) is 0 Å². The molecule has 1 amide bonds. The van der Waals surface area contributed by atoms with E-state index in [4.69, 9.17) is 10.5 Å². The number of amides is 1. The molecule has 1 heterocycles. The van der Waals surface area contributed by atoms with Crippen LogP contribution in [0.4, 0.5) is 11.5 Å². The summed E-state index contributed by atoms with van der Waals surface area (Å²) in [6.07, 6.45) is 0.388. The van der Waals surface area contributed by atoms with Gasteiger partial charge in [-0.3, -0.25) is 9.89 Å². The monoisotopic (exact) mass is 226 g/mol. The molecule has 0 bridgehead atoms. The van der Waals surface area contributed by atoms with Crippen molar-refractivity contribution < 1.29 is 9.53 Å². The van der Waals surface area contributed by atoms with E-state index in [0.717, 1.165) is 5.69 Å². The maximum absolute atomic E-state index is 11.6. The van der Waals surface area contributed by atoms with E-state index < -0.39 is 0 Å². The quantitative estimate of drug-likeness (QED) is 0.695. The van der Waals surface area contributed by atoms with Gasteiger partial charge in [-0.1, -0.05) is 6.92 Å². The van der Waals surface area contributed by atoms with Gasteiger partial charge < -0.3 is 15.8 Å². The molecule has 0 aliphatic carbocycles. The summed E-state index contributed by atoms with van der Waals surface area (Å²) < 4.78 is 4.96. The van der Waals surface area contributed by atoms with Gasteiger partial charge in [0.2, 0.25) is 5.91 Å². The van der Waals surface area contributed by atoms with Crippen LogP contribution >= 0.6 is 0 Å². The average Bonchev–Trinajstić information content (AvgIpc) is 2.50. The van der Waals surface area contributed by atoms with Crippen LogP contribution in [-0.2, 0) is 9.53 Å². The molecule has 0 aliphatic rings. The Kier molecular flexibility index (Phi) is 4.30. The predicted molar refractivity (Wildman–Crippen MR) is 62.0 cm³/mol. The number of hydrogen-bond acceptors (Lipinski definition) is 4. The fourth-order valence-corrected chi connectivity index (χ4v) is 1.38. The van der Waals surface area contributed by atoms with Crippen LogP contribution in [0, 0.1) is 12.8 Å². The van der Waals surface area contributed by atoms with E-state index in [1.54, 1.807) is 14.0 Å². The summed E-state index contributed by atoms with van der Waals surface area (Å²) >= 11 is 0. The van der Waals surface area contributed by atoms with Crippen LogP contribution in [0.1, 0.15) is 19.0 Å². The van der Waals surface area contributed by atoms with Gasteiger partial charge in [-0.05, 0) is 12.8 Å². The Bertz CT molecular complexity index is 362. The minimum Gasteiger partial charge on any atom is -0.394 e. The van der Waals surface area contributed by atoms with Crippen molar-refractivity contribution >= 4 is 17.4 Å². The summed E-state index contributed by atoms with van der Waals surface area (Å²) in [4.78, 5) is 11.6. The number of rotatable bonds is 5. The largest absolute Gasteiger partial charge is 0.394 e. The molecule has 1 aromatic rings. The number of ether oxygens (including phenoxy) is 1. The molecule has 0 aromatic carbocycles. The topological polar surface area (TPSA) is 93.0 Å². The van der Waals surface area contributed by atoms with E-state index in [9.17, 15) is 4.79 Å². The molecule has 6 nitrogen and oxygen atoms in total. The predicted octanol–water partition coefficient (Wildman–Crippen LogP) is 0.911. The van der Waals surface area contributed by atoms with Crippen molar-refractivity contribution in [2.45, 2.75) is 20.3 Å². The van der Waals surface area contributed by atoms with Gasteiger partial charge in [0.25, 0.3) is 0 Å². The molecule has 1 atom stereocenters. The van der Waals surface area contributed by atoms with Gasteiger partial charge >= 0.3 is 0 Å². The number of nitrogens with one attached hydrogen (secondary N) is 2. The molecule has 0 fully saturated rings. The second-order valence-electron chi connectivity index (χ2n) is 3.92. The molecule has 16 heavy (non-hydrogen) atoms. The van der Waals surface area contributed by atoms with E-state index in [2.05, 4.69) is 15.5 Å². The highest BCUT2D eigenvalue weighted by Crippen LogP contribution is 2.18. The molecule has 90 valence electrons. The third kappa shape index (κ3) is 3.23. The summed E-state index contributed by atoms with van der Waals surface area (Å²) in [5, 5.41) is 9.26. The van der Waals surface area contributed by atoms with Crippen molar-refractivity contribution in [1.82, 2.24) is 10.2 Å². The van der Waals surface area contributed by atoms with E-state index in [1.807, 2.05) is 6.92 Å². The van der Waals surface area contributed by atoms with Crippen molar-refractivity contribution in [3.63, 3.8) is 0 Å². The Hall–Kier alpha value is -1.56. The zero-order chi connectivity index (χ0) is 12.1. The number of aromatic amines is 1. The number of H-pyrrole nitrogens is 1. The summed E-state index contributed by atoms with van der Waals surface area (Å²) in [7, 11) is 1.61. The standard InChI is InChI=1S/C10H18N4O2/c1-6(5-16-3)4-8(15)12-10-9(11)7(2)13-14-10/h6H,4-5,11H2,1-3H3,(H2,12,13,14,15). The van der Waals surface area contributed by atoms with Gasteiger partial charge in [-0.2, -0.15) is 5.10 Å². The number of nitrogens with zero attached hydrogens (tertiary/aromatic N) is 1. The number of carbonyl (C=O) groups excluding carboxylic acids is 1. The smallest absolute Gasteiger partial charge is 0.225 e. The molecule has 0 aliphatic heterocycles. The molecule has 1 aromatic heterocycles. The van der Waals surface area contributed by atoms with Crippen LogP contribution in [-0.4, -0.2) is 29.8 Å². The number of nitrogens with two attached hydrogens (primary N) is 1. The summed E-state index contributed by atoms with van der Waals surface area (Å²) in [5.74, 6) is 0.459. The Morgan fingerprint density at radius 1 is 1.69 bits per heavy atom. The van der Waals surface area contributed by atoms with Crippen molar-refractivity contribution in [3.05, 3.63) is 5.69 Å². The molecule has 0 spiro atoms. The van der Waals surface area contributed by atoms with Crippen molar-refractivity contribution in [1.29, 1.82) is 0 Å². The van der Waals surface area contributed by atoms with Crippen LogP contribution in [0.5, 0.6) is 0 Å². The maximum Gasteiger partial charge on any atom is 0.225 e. The normalized spacial score (nSPS) is 12.4. The first kappa shape index (κ1) is 12.5. The molecule has 6 heteroatoms. The fraction of sp³-hybridized carbons (Fsp3) is 0.600. The van der Waals surface area contributed by atoms with Crippen molar-refractivity contribution in [2.24, 2.45) is 5.92 Å². The summed E-state index contributed by atoms with van der Waals surface area (Å²) in [6.45, 7) is 4.30. The molecule has 4 N–H and O–H groups in total. The molecular weight excluding hydrogens is 208 g/mol. The number of nitrogen functional groups attached to an aromatic ring is 1. The highest BCUT2D eigenvalue weighted by atomic mass is 16.5. The SMILES string of the molecule is COCC(C)CC(=O)Nc1n[nH]c(C)c1N. The Balaban J connectivity index is 2.49. The minimum atomic E-state index is -0.109. The van der Waals surface area contributed by atoms with Crippen molar-refractivity contribution in [3.8, 4) is 0 Å². The van der Waals surface area contributed by atoms with Crippen LogP contribution in [0.15, 0.2) is 0 Å². The molecule has 0 saturated carbocycles. The van der Waals surface area contributed by atoms with E-state index >= 15 is 0 Å². The van der Waals surface area contributed by atoms with Gasteiger partial charge in [-0.15, -0.1) is 0 Å². The van der Waals surface area contributed by atoms with Crippen LogP contribution < -0.4 is 11.1 Å². The zero-order valence-corrected chi connectivity index (χ0v) is 9.83. The highest BCUT2D eigenvalue weighted by molar-refractivity contribution is 5.92. The third-order valence-corrected chi connectivity index (χ3v) is 2.24. The zero-order valence-electron chi connectivity index (χ0n) is 9.83. The van der Waals surface area contributed by atoms with Crippen LogP contribution in [0.25, 0.3) is 0 Å². The Morgan fingerprint density at radius 2 is 2.38 bits per heavy atom. The van der Waals surface area contributed by atoms with Gasteiger partial charge in [0.1, 0.15) is 0 Å². The first-order valence-electron chi connectivity index (χ1n) is 5.13. The lowest BCUT2D eigenvalue weighted by Crippen LogP contribution is -2.18. The molecule has 1 unspecified atom stereocenters. The second kappa shape index (κ2) is 5.50. The maximum atomic E-state index is 11.6. The number of carbonyl (C=O) groups is 1. The molecule has 1 rings (SSSR count). The number of methoxy groups -OCH3 is 1. The molecule has 0 saturated heterocycles. The average molecular weight is 226 g/mol. The van der Waals surface area contributed by atoms with Gasteiger partial charge in [0.15, 0.2) is 5.82 Å². The molecular formula is C10H18N4O2. The van der Waals surface area contributed by atoms with Gasteiger partial charge in [-0.25, -0.2) is 0 Å². The number of anilines is 2. The first-order valence-corrected chi connectivity index (χ1v) is 5.13. The summed E-state index contributed by atoms with van der Waals surface area (Å²) in [5.41, 5.74) is 6.94. The minimum absolute atomic E-state index is 0.109. The number of aryl methyl sites for hydroxylation is 1. The number of aromatic nitrogens is 2. The van der Waals surface area contributed by atoms with Crippen LogP contribution in [0.2, 0.25) is 0 Å². The Labute approximate surface area is 94.5 Å². The van der Waals surface area contributed by atoms with Gasteiger partial charge in [0, 0.05) is 20.1 Å². The number of hydrogen-bond donors (Lipinski definition) is 3.